The number of hydrogen-bond acceptors (Lipinski definition) is 0. The summed E-state index contributed by atoms with van der Waals surface area (Å²) in [6.07, 6.45) is 4.37. The van der Waals surface area contributed by atoms with Crippen molar-refractivity contribution in [3.8, 4) is 22.3 Å². The van der Waals surface area contributed by atoms with Crippen molar-refractivity contribution in [3.05, 3.63) is 126 Å². The molecule has 0 amide bonds. The number of rotatable bonds is 0. The molecule has 9 rings (SSSR count). The first-order valence-corrected chi connectivity index (χ1v) is 12.5. The molecule has 0 unspecified atom stereocenters. The van der Waals surface area contributed by atoms with Crippen LogP contribution in [-0.4, -0.2) is 4.40 Å². The number of nitrogens with zero attached hydrogens (tertiary/aromatic N) is 1. The van der Waals surface area contributed by atoms with Gasteiger partial charge in [-0.1, -0.05) is 78.9 Å². The SMILES string of the molecule is c1ccc2c(c1)Cc1cc3c(cc1-2)c1c2c(ccc1n1cc4ccccc4c31)Cc1ccccc1-2. The largest absolute Gasteiger partial charge is 0.315 e. The third-order valence-electron chi connectivity index (χ3n) is 8.38. The highest BCUT2D eigenvalue weighted by Gasteiger charge is 2.26. The third kappa shape index (κ3) is 2.19. The maximum Gasteiger partial charge on any atom is 0.0613 e. The quantitative estimate of drug-likeness (QED) is 0.207. The van der Waals surface area contributed by atoms with Crippen molar-refractivity contribution in [3.63, 3.8) is 0 Å². The van der Waals surface area contributed by atoms with Crippen molar-refractivity contribution < 1.29 is 0 Å². The zero-order valence-electron chi connectivity index (χ0n) is 19.2. The fourth-order valence-electron chi connectivity index (χ4n) is 6.90. The smallest absolute Gasteiger partial charge is 0.0613 e. The van der Waals surface area contributed by atoms with Crippen LogP contribution in [0.25, 0.3) is 60.2 Å². The summed E-state index contributed by atoms with van der Waals surface area (Å²) in [6, 6.07) is 36.4. The van der Waals surface area contributed by atoms with Gasteiger partial charge in [-0.3, -0.25) is 0 Å². The van der Waals surface area contributed by atoms with Gasteiger partial charge in [-0.2, -0.15) is 0 Å². The average molecular weight is 444 g/mol. The Balaban J connectivity index is 1.56. The van der Waals surface area contributed by atoms with E-state index in [1.807, 2.05) is 0 Å². The predicted octanol–water partition coefficient (Wildman–Crippen LogP) is 8.54. The van der Waals surface area contributed by atoms with Gasteiger partial charge in [-0.05, 0) is 80.9 Å². The second-order valence-corrected chi connectivity index (χ2v) is 10.2. The van der Waals surface area contributed by atoms with E-state index in [2.05, 4.69) is 108 Å². The molecule has 2 aliphatic carbocycles. The van der Waals surface area contributed by atoms with Crippen molar-refractivity contribution in [2.75, 3.05) is 0 Å². The minimum absolute atomic E-state index is 1.01. The highest BCUT2D eigenvalue weighted by molar-refractivity contribution is 6.24. The zero-order valence-corrected chi connectivity index (χ0v) is 19.2. The van der Waals surface area contributed by atoms with Crippen LogP contribution in [0.4, 0.5) is 0 Å². The Hall–Kier alpha value is -4.36. The summed E-state index contributed by atoms with van der Waals surface area (Å²) in [5.74, 6) is 0. The second-order valence-electron chi connectivity index (χ2n) is 10.2. The molecule has 0 aliphatic heterocycles. The normalized spacial score (nSPS) is 13.5. The average Bonchev–Trinajstić information content (AvgIpc) is 3.58. The van der Waals surface area contributed by atoms with Crippen LogP contribution < -0.4 is 0 Å². The molecule has 0 atom stereocenters. The summed E-state index contributed by atoms with van der Waals surface area (Å²) >= 11 is 0. The molecule has 2 heterocycles. The van der Waals surface area contributed by atoms with Gasteiger partial charge in [0.05, 0.1) is 11.0 Å². The minimum Gasteiger partial charge on any atom is -0.315 e. The number of fused-ring (bicyclic) bond motifs is 15. The van der Waals surface area contributed by atoms with Crippen LogP contribution in [0.1, 0.15) is 22.3 Å². The molecule has 0 saturated carbocycles. The number of benzene rings is 5. The maximum absolute atomic E-state index is 2.50. The Kier molecular flexibility index (Phi) is 3.19. The third-order valence-corrected chi connectivity index (χ3v) is 8.38. The Labute approximate surface area is 202 Å². The fourth-order valence-corrected chi connectivity index (χ4v) is 6.90. The van der Waals surface area contributed by atoms with Gasteiger partial charge in [0, 0.05) is 27.7 Å². The van der Waals surface area contributed by atoms with Crippen LogP contribution in [0.3, 0.4) is 0 Å². The summed E-state index contributed by atoms with van der Waals surface area (Å²) < 4.78 is 2.46. The van der Waals surface area contributed by atoms with E-state index >= 15 is 0 Å². The van der Waals surface area contributed by atoms with Crippen molar-refractivity contribution in [2.45, 2.75) is 12.8 Å². The van der Waals surface area contributed by atoms with Crippen molar-refractivity contribution >= 4 is 38.0 Å². The van der Waals surface area contributed by atoms with Crippen molar-refractivity contribution in [1.29, 1.82) is 0 Å². The highest BCUT2D eigenvalue weighted by Crippen LogP contribution is 2.48. The van der Waals surface area contributed by atoms with Crippen molar-refractivity contribution in [2.24, 2.45) is 0 Å². The van der Waals surface area contributed by atoms with Crippen LogP contribution in [0.15, 0.2) is 103 Å². The van der Waals surface area contributed by atoms with E-state index in [9.17, 15) is 0 Å². The molecule has 0 radical (unpaired) electrons. The van der Waals surface area contributed by atoms with Crippen LogP contribution in [0, 0.1) is 0 Å². The van der Waals surface area contributed by atoms with E-state index in [0.717, 1.165) is 12.8 Å². The summed E-state index contributed by atoms with van der Waals surface area (Å²) in [4.78, 5) is 0. The summed E-state index contributed by atoms with van der Waals surface area (Å²) in [5, 5.41) is 6.76. The molecule has 35 heavy (non-hydrogen) atoms. The van der Waals surface area contributed by atoms with E-state index in [1.54, 1.807) is 0 Å². The molecule has 0 N–H and O–H groups in total. The van der Waals surface area contributed by atoms with Gasteiger partial charge in [0.2, 0.25) is 0 Å². The lowest BCUT2D eigenvalue weighted by Crippen LogP contribution is -1.94. The lowest BCUT2D eigenvalue weighted by atomic mass is 9.92. The number of hydrogen-bond donors (Lipinski definition) is 0. The summed E-state index contributed by atoms with van der Waals surface area (Å²) in [7, 11) is 0. The fraction of sp³-hybridized carbons (Fsp3) is 0.0588. The molecule has 162 valence electrons. The van der Waals surface area contributed by atoms with E-state index in [4.69, 9.17) is 0 Å². The van der Waals surface area contributed by atoms with Crippen LogP contribution in [-0.2, 0) is 12.8 Å². The lowest BCUT2D eigenvalue weighted by Gasteiger charge is -2.16. The van der Waals surface area contributed by atoms with Gasteiger partial charge in [-0.25, -0.2) is 0 Å². The van der Waals surface area contributed by atoms with Crippen LogP contribution in [0.2, 0.25) is 0 Å². The molecule has 7 aromatic rings. The van der Waals surface area contributed by atoms with Gasteiger partial charge in [-0.15, -0.1) is 0 Å². The monoisotopic (exact) mass is 443 g/mol. The van der Waals surface area contributed by atoms with E-state index in [0.29, 0.717) is 0 Å². The molecule has 0 spiro atoms. The van der Waals surface area contributed by atoms with Gasteiger partial charge in [0.1, 0.15) is 0 Å². The molecule has 0 bridgehead atoms. The minimum atomic E-state index is 1.01. The van der Waals surface area contributed by atoms with Crippen molar-refractivity contribution in [1.82, 2.24) is 4.40 Å². The second kappa shape index (κ2) is 6.20. The molecule has 5 aromatic carbocycles. The summed E-state index contributed by atoms with van der Waals surface area (Å²) in [5.41, 5.74) is 14.0. The molecule has 1 nitrogen and oxygen atoms in total. The molecule has 2 aliphatic rings. The molecular weight excluding hydrogens is 422 g/mol. The first-order valence-electron chi connectivity index (χ1n) is 12.5. The Morgan fingerprint density at radius 1 is 0.514 bits per heavy atom. The Morgan fingerprint density at radius 3 is 2.17 bits per heavy atom. The number of aromatic nitrogens is 1. The van der Waals surface area contributed by atoms with E-state index < -0.39 is 0 Å². The first-order chi connectivity index (χ1) is 17.3. The maximum atomic E-state index is 2.50. The Morgan fingerprint density at radius 2 is 1.26 bits per heavy atom. The van der Waals surface area contributed by atoms with Gasteiger partial charge in [0.25, 0.3) is 0 Å². The van der Waals surface area contributed by atoms with Crippen LogP contribution in [0.5, 0.6) is 0 Å². The number of pyridine rings is 1. The molecule has 0 saturated heterocycles. The first kappa shape index (κ1) is 18.0. The van der Waals surface area contributed by atoms with Crippen LogP contribution >= 0.6 is 0 Å². The molecule has 1 heteroatoms. The van der Waals surface area contributed by atoms with Gasteiger partial charge < -0.3 is 4.40 Å². The molecule has 0 fully saturated rings. The highest BCUT2D eigenvalue weighted by atomic mass is 14.9. The molecular formula is C34H21N. The van der Waals surface area contributed by atoms with Gasteiger partial charge >= 0.3 is 0 Å². The van der Waals surface area contributed by atoms with Gasteiger partial charge in [0.15, 0.2) is 0 Å². The van der Waals surface area contributed by atoms with E-state index in [-0.39, 0.29) is 0 Å². The molecule has 2 aromatic heterocycles. The topological polar surface area (TPSA) is 4.41 Å². The zero-order chi connectivity index (χ0) is 22.7. The predicted molar refractivity (Wildman–Crippen MR) is 146 cm³/mol. The lowest BCUT2D eigenvalue weighted by molar-refractivity contribution is 1.25. The summed E-state index contributed by atoms with van der Waals surface area (Å²) in [6.45, 7) is 0. The van der Waals surface area contributed by atoms with E-state index in [1.165, 1.54) is 82.5 Å². The Bertz CT molecular complexity index is 2050. The standard InChI is InChI=1S/C34H21N/c1-4-10-25-20(7-1)16-24-17-30-29(18-28(24)25)33-31(35-19-23-9-3-6-12-27(23)34(30)35)14-13-22-15-21-8-2-5-11-26(21)32(22)33/h1-14,17-19H,15-16H2.